The maximum absolute atomic E-state index is 10.2. The normalized spacial score (nSPS) is 12.8. The van der Waals surface area contributed by atoms with Crippen molar-refractivity contribution < 1.29 is 13.8 Å². The third-order valence-corrected chi connectivity index (χ3v) is 3.80. The molecule has 1 rings (SSSR count). The smallest absolute Gasteiger partial charge is 0.327 e. The lowest BCUT2D eigenvalue weighted by Gasteiger charge is -2.13. The molecule has 0 saturated heterocycles. The number of hydrogen-bond acceptors (Lipinski definition) is 3. The Bertz CT molecular complexity index is 390. The quantitative estimate of drug-likeness (QED) is 0.496. The zero-order valence-electron chi connectivity index (χ0n) is 13.4. The molecule has 0 bridgehead atoms. The van der Waals surface area contributed by atoms with Gasteiger partial charge >= 0.3 is 8.69 Å². The zero-order chi connectivity index (χ0) is 15.5. The minimum absolute atomic E-state index is 0.281. The van der Waals surface area contributed by atoms with Crippen molar-refractivity contribution in [2.24, 2.45) is 11.8 Å². The van der Waals surface area contributed by atoms with Gasteiger partial charge in [-0.1, -0.05) is 52.2 Å². The predicted octanol–water partition coefficient (Wildman–Crippen LogP) is 5.64. The van der Waals surface area contributed by atoms with Gasteiger partial charge < -0.3 is 4.74 Å². The van der Waals surface area contributed by atoms with E-state index in [-0.39, 0.29) is 8.69 Å². The highest BCUT2D eigenvalue weighted by Gasteiger charge is 2.04. The average Bonchev–Trinajstić information content (AvgIpc) is 2.46. The average molecular weight is 310 g/mol. The van der Waals surface area contributed by atoms with Crippen LogP contribution in [-0.2, 0) is 15.7 Å². The molecule has 0 fully saturated rings. The van der Waals surface area contributed by atoms with Crippen LogP contribution < -0.4 is 4.74 Å². The van der Waals surface area contributed by atoms with E-state index in [1.54, 1.807) is 0 Å². The van der Waals surface area contributed by atoms with Crippen molar-refractivity contribution in [1.29, 1.82) is 0 Å². The minimum atomic E-state index is -0.281. The molecule has 1 aromatic rings. The van der Waals surface area contributed by atoms with Gasteiger partial charge in [0.15, 0.2) is 0 Å². The Hall–Kier alpha value is -0.920. The van der Waals surface area contributed by atoms with Crippen molar-refractivity contribution >= 4 is 8.69 Å². The summed E-state index contributed by atoms with van der Waals surface area (Å²) in [6.07, 6.45) is 5.01. The molecule has 0 aliphatic rings. The highest BCUT2D eigenvalue weighted by Crippen LogP contribution is 2.17. The highest BCUT2D eigenvalue weighted by atomic mass is 31.1. The van der Waals surface area contributed by atoms with E-state index < -0.39 is 0 Å². The van der Waals surface area contributed by atoms with Crippen molar-refractivity contribution in [2.75, 3.05) is 6.61 Å². The molecule has 118 valence electrons. The molecule has 3 nitrogen and oxygen atoms in total. The first-order valence-corrected chi connectivity index (χ1v) is 8.51. The molecule has 4 heteroatoms. The SMILES string of the molecule is CC(C)CCCC(C)CCOc1ccc(COP=O)cc1. The third kappa shape index (κ3) is 8.85. The summed E-state index contributed by atoms with van der Waals surface area (Å²) >= 11 is 0. The van der Waals surface area contributed by atoms with E-state index in [4.69, 9.17) is 9.26 Å². The summed E-state index contributed by atoms with van der Waals surface area (Å²) in [6.45, 7) is 7.97. The van der Waals surface area contributed by atoms with Gasteiger partial charge in [-0.05, 0) is 36.0 Å². The van der Waals surface area contributed by atoms with Crippen LogP contribution in [0.4, 0.5) is 0 Å². The Morgan fingerprint density at radius 1 is 1.05 bits per heavy atom. The van der Waals surface area contributed by atoms with Gasteiger partial charge in [0, 0.05) is 0 Å². The van der Waals surface area contributed by atoms with Crippen LogP contribution >= 0.6 is 8.69 Å². The topological polar surface area (TPSA) is 35.5 Å². The fraction of sp³-hybridized carbons (Fsp3) is 0.647. The molecule has 0 amide bonds. The van der Waals surface area contributed by atoms with Crippen molar-refractivity contribution in [3.63, 3.8) is 0 Å². The first-order chi connectivity index (χ1) is 10.1. The number of ether oxygens (including phenoxy) is 1. The van der Waals surface area contributed by atoms with Gasteiger partial charge in [-0.3, -0.25) is 4.52 Å². The van der Waals surface area contributed by atoms with Crippen LogP contribution in [0.5, 0.6) is 5.75 Å². The molecule has 0 spiro atoms. The second-order valence-corrected chi connectivity index (χ2v) is 6.47. The summed E-state index contributed by atoms with van der Waals surface area (Å²) in [5.74, 6) is 2.40. The van der Waals surface area contributed by atoms with E-state index in [1.165, 1.54) is 19.3 Å². The Kier molecular flexibility index (Phi) is 9.29. The van der Waals surface area contributed by atoms with E-state index >= 15 is 0 Å². The number of benzene rings is 1. The fourth-order valence-corrected chi connectivity index (χ4v) is 2.38. The molecule has 0 aliphatic heterocycles. The molecule has 0 heterocycles. The maximum Gasteiger partial charge on any atom is 0.327 e. The van der Waals surface area contributed by atoms with E-state index in [0.29, 0.717) is 12.5 Å². The summed E-state index contributed by atoms with van der Waals surface area (Å²) < 4.78 is 20.8. The third-order valence-electron chi connectivity index (χ3n) is 3.57. The summed E-state index contributed by atoms with van der Waals surface area (Å²) in [4.78, 5) is 0. The van der Waals surface area contributed by atoms with Crippen LogP contribution in [0.15, 0.2) is 24.3 Å². The molecule has 0 aliphatic carbocycles. The van der Waals surface area contributed by atoms with Crippen molar-refractivity contribution in [1.82, 2.24) is 0 Å². The lowest BCUT2D eigenvalue weighted by atomic mass is 9.98. The Morgan fingerprint density at radius 3 is 2.38 bits per heavy atom. The second kappa shape index (κ2) is 10.8. The van der Waals surface area contributed by atoms with Crippen LogP contribution in [0.3, 0.4) is 0 Å². The van der Waals surface area contributed by atoms with Crippen LogP contribution in [0.25, 0.3) is 0 Å². The van der Waals surface area contributed by atoms with Gasteiger partial charge in [0.1, 0.15) is 5.75 Å². The standard InChI is InChI=1S/C17H27O3P/c1-14(2)5-4-6-15(3)11-12-19-17-9-7-16(8-10-17)13-20-21-18/h7-10,14-15H,4-6,11-13H2,1-3H3. The number of hydrogen-bond donors (Lipinski definition) is 0. The summed E-state index contributed by atoms with van der Waals surface area (Å²) in [5.41, 5.74) is 0.993. The molecular formula is C17H27O3P. The Labute approximate surface area is 130 Å². The first-order valence-electron chi connectivity index (χ1n) is 7.78. The molecule has 0 N–H and O–H groups in total. The Balaban J connectivity index is 2.18. The van der Waals surface area contributed by atoms with Crippen LogP contribution in [0.1, 0.15) is 52.0 Å². The molecule has 0 aromatic heterocycles. The second-order valence-electron chi connectivity index (χ2n) is 6.06. The van der Waals surface area contributed by atoms with Gasteiger partial charge in [-0.2, -0.15) is 0 Å². The molecule has 1 atom stereocenters. The van der Waals surface area contributed by atoms with Crippen LogP contribution in [0, 0.1) is 11.8 Å². The Morgan fingerprint density at radius 2 is 1.76 bits per heavy atom. The maximum atomic E-state index is 10.2. The van der Waals surface area contributed by atoms with E-state index in [2.05, 4.69) is 20.8 Å². The lowest BCUT2D eigenvalue weighted by molar-refractivity contribution is 0.275. The monoisotopic (exact) mass is 310 g/mol. The summed E-state index contributed by atoms with van der Waals surface area (Å²) in [6, 6.07) is 7.74. The predicted molar refractivity (Wildman–Crippen MR) is 86.8 cm³/mol. The van der Waals surface area contributed by atoms with Gasteiger partial charge in [-0.25, -0.2) is 4.57 Å². The zero-order valence-corrected chi connectivity index (χ0v) is 14.3. The van der Waals surface area contributed by atoms with E-state index in [9.17, 15) is 4.57 Å². The molecular weight excluding hydrogens is 283 g/mol. The minimum Gasteiger partial charge on any atom is -0.494 e. The first kappa shape index (κ1) is 18.1. The molecule has 0 radical (unpaired) electrons. The van der Waals surface area contributed by atoms with Gasteiger partial charge in [-0.15, -0.1) is 0 Å². The van der Waals surface area contributed by atoms with Crippen molar-refractivity contribution in [3.8, 4) is 5.75 Å². The lowest BCUT2D eigenvalue weighted by Crippen LogP contribution is -2.04. The highest BCUT2D eigenvalue weighted by molar-refractivity contribution is 7.17. The molecule has 21 heavy (non-hydrogen) atoms. The largest absolute Gasteiger partial charge is 0.494 e. The van der Waals surface area contributed by atoms with Crippen LogP contribution in [-0.4, -0.2) is 6.61 Å². The van der Waals surface area contributed by atoms with Gasteiger partial charge in [0.05, 0.1) is 13.2 Å². The molecule has 1 unspecified atom stereocenters. The van der Waals surface area contributed by atoms with E-state index in [1.807, 2.05) is 24.3 Å². The van der Waals surface area contributed by atoms with Gasteiger partial charge in [0.25, 0.3) is 0 Å². The van der Waals surface area contributed by atoms with E-state index in [0.717, 1.165) is 30.3 Å². The molecule has 0 saturated carbocycles. The number of rotatable bonds is 11. The molecule has 1 aromatic carbocycles. The van der Waals surface area contributed by atoms with Crippen molar-refractivity contribution in [3.05, 3.63) is 29.8 Å². The van der Waals surface area contributed by atoms with Crippen LogP contribution in [0.2, 0.25) is 0 Å². The summed E-state index contributed by atoms with van der Waals surface area (Å²) in [5, 5.41) is 0. The fourth-order valence-electron chi connectivity index (χ4n) is 2.18. The van der Waals surface area contributed by atoms with Gasteiger partial charge in [0.2, 0.25) is 0 Å². The summed E-state index contributed by atoms with van der Waals surface area (Å²) in [7, 11) is -0.281. The van der Waals surface area contributed by atoms with Crippen molar-refractivity contribution in [2.45, 2.75) is 53.1 Å².